The van der Waals surface area contributed by atoms with Crippen LogP contribution in [0.4, 0.5) is 5.82 Å². The number of rotatable bonds is 3. The Bertz CT molecular complexity index is 358. The Hall–Kier alpha value is -1.34. The molecule has 0 aliphatic heterocycles. The van der Waals surface area contributed by atoms with E-state index >= 15 is 0 Å². The third-order valence-corrected chi connectivity index (χ3v) is 2.30. The Morgan fingerprint density at radius 2 is 2.29 bits per heavy atom. The molecule has 0 saturated carbocycles. The molecule has 0 radical (unpaired) electrons. The van der Waals surface area contributed by atoms with Crippen LogP contribution in [0.1, 0.15) is 12.0 Å². The number of nitrogens with zero attached hydrogens (tertiary/aromatic N) is 4. The van der Waals surface area contributed by atoms with Crippen LogP contribution in [-0.4, -0.2) is 23.6 Å². The molecular formula is C9H11ClN4. The van der Waals surface area contributed by atoms with Crippen LogP contribution in [0.15, 0.2) is 6.33 Å². The smallest absolute Gasteiger partial charge is 0.137 e. The van der Waals surface area contributed by atoms with E-state index in [1.54, 1.807) is 0 Å². The van der Waals surface area contributed by atoms with Crippen LogP contribution in [-0.2, 0) is 0 Å². The maximum absolute atomic E-state index is 8.45. The fourth-order valence-electron chi connectivity index (χ4n) is 1.13. The highest BCUT2D eigenvalue weighted by Gasteiger charge is 2.08. The SMILES string of the molecule is Cc1c(Cl)ncnc1N(C)CCC#N. The van der Waals surface area contributed by atoms with Crippen molar-refractivity contribution >= 4 is 17.4 Å². The molecule has 0 spiro atoms. The summed E-state index contributed by atoms with van der Waals surface area (Å²) in [6.45, 7) is 2.51. The van der Waals surface area contributed by atoms with E-state index in [0.717, 1.165) is 11.4 Å². The summed E-state index contributed by atoms with van der Waals surface area (Å²) in [6, 6.07) is 2.08. The van der Waals surface area contributed by atoms with Crippen LogP contribution in [0.2, 0.25) is 5.15 Å². The quantitative estimate of drug-likeness (QED) is 0.714. The normalized spacial score (nSPS) is 9.57. The van der Waals surface area contributed by atoms with Gasteiger partial charge >= 0.3 is 0 Å². The van der Waals surface area contributed by atoms with Crippen LogP contribution < -0.4 is 4.90 Å². The lowest BCUT2D eigenvalue weighted by Crippen LogP contribution is -2.20. The molecule has 0 aromatic carbocycles. The monoisotopic (exact) mass is 210 g/mol. The molecular weight excluding hydrogens is 200 g/mol. The van der Waals surface area contributed by atoms with Gasteiger partial charge in [0, 0.05) is 19.2 Å². The molecule has 74 valence electrons. The molecule has 1 rings (SSSR count). The Labute approximate surface area is 88.2 Å². The summed E-state index contributed by atoms with van der Waals surface area (Å²) >= 11 is 5.85. The first-order valence-corrected chi connectivity index (χ1v) is 4.59. The Kier molecular flexibility index (Phi) is 3.66. The minimum atomic E-state index is 0.457. The predicted octanol–water partition coefficient (Wildman–Crippen LogP) is 1.79. The molecule has 0 saturated heterocycles. The third kappa shape index (κ3) is 2.33. The van der Waals surface area contributed by atoms with Crippen molar-refractivity contribution < 1.29 is 0 Å². The zero-order valence-electron chi connectivity index (χ0n) is 8.16. The van der Waals surface area contributed by atoms with Crippen molar-refractivity contribution in [2.24, 2.45) is 0 Å². The van der Waals surface area contributed by atoms with E-state index in [9.17, 15) is 0 Å². The molecule has 0 amide bonds. The largest absolute Gasteiger partial charge is 0.358 e. The van der Waals surface area contributed by atoms with Crippen molar-refractivity contribution in [1.29, 1.82) is 5.26 Å². The summed E-state index contributed by atoms with van der Waals surface area (Å²) < 4.78 is 0. The number of anilines is 1. The maximum Gasteiger partial charge on any atom is 0.137 e. The Morgan fingerprint density at radius 1 is 1.57 bits per heavy atom. The summed E-state index contributed by atoms with van der Waals surface area (Å²) in [6.07, 6.45) is 1.89. The zero-order valence-corrected chi connectivity index (χ0v) is 8.91. The number of hydrogen-bond donors (Lipinski definition) is 0. The van der Waals surface area contributed by atoms with E-state index in [-0.39, 0.29) is 0 Å². The number of halogens is 1. The van der Waals surface area contributed by atoms with Crippen molar-refractivity contribution in [3.8, 4) is 6.07 Å². The molecule has 4 nitrogen and oxygen atoms in total. The molecule has 0 unspecified atom stereocenters. The highest BCUT2D eigenvalue weighted by atomic mass is 35.5. The molecule has 1 heterocycles. The van der Waals surface area contributed by atoms with Gasteiger partial charge in [-0.1, -0.05) is 11.6 Å². The highest BCUT2D eigenvalue weighted by Crippen LogP contribution is 2.20. The lowest BCUT2D eigenvalue weighted by Gasteiger charge is -2.18. The van der Waals surface area contributed by atoms with Gasteiger partial charge in [-0.25, -0.2) is 9.97 Å². The first-order valence-electron chi connectivity index (χ1n) is 4.22. The first kappa shape index (κ1) is 10.7. The van der Waals surface area contributed by atoms with Crippen molar-refractivity contribution in [3.05, 3.63) is 17.0 Å². The summed E-state index contributed by atoms with van der Waals surface area (Å²) in [7, 11) is 1.88. The van der Waals surface area contributed by atoms with Crippen LogP contribution in [0.25, 0.3) is 0 Å². The number of aromatic nitrogens is 2. The van der Waals surface area contributed by atoms with Gasteiger partial charge in [-0.05, 0) is 6.92 Å². The molecule has 14 heavy (non-hydrogen) atoms. The standard InChI is InChI=1S/C9H11ClN4/c1-7-8(10)12-6-13-9(7)14(2)5-3-4-11/h6H,3,5H2,1-2H3. The van der Waals surface area contributed by atoms with E-state index in [2.05, 4.69) is 16.0 Å². The van der Waals surface area contributed by atoms with Crippen LogP contribution in [0.3, 0.4) is 0 Å². The average molecular weight is 211 g/mol. The Morgan fingerprint density at radius 3 is 2.93 bits per heavy atom. The van der Waals surface area contributed by atoms with Gasteiger partial charge in [-0.2, -0.15) is 5.26 Å². The lowest BCUT2D eigenvalue weighted by atomic mass is 10.3. The fraction of sp³-hybridized carbons (Fsp3) is 0.444. The molecule has 0 aliphatic rings. The van der Waals surface area contributed by atoms with Crippen molar-refractivity contribution in [2.75, 3.05) is 18.5 Å². The van der Waals surface area contributed by atoms with Gasteiger partial charge in [-0.15, -0.1) is 0 Å². The highest BCUT2D eigenvalue weighted by molar-refractivity contribution is 6.30. The molecule has 0 bridgehead atoms. The van der Waals surface area contributed by atoms with Crippen LogP contribution in [0, 0.1) is 18.3 Å². The third-order valence-electron chi connectivity index (χ3n) is 1.92. The summed E-state index contributed by atoms with van der Waals surface area (Å²) in [5.74, 6) is 0.778. The van der Waals surface area contributed by atoms with E-state index in [1.807, 2.05) is 18.9 Å². The van der Waals surface area contributed by atoms with Crippen LogP contribution >= 0.6 is 11.6 Å². The molecule has 1 aromatic heterocycles. The molecule has 0 N–H and O–H groups in total. The second-order valence-corrected chi connectivity index (χ2v) is 3.30. The number of hydrogen-bond acceptors (Lipinski definition) is 4. The second-order valence-electron chi connectivity index (χ2n) is 2.94. The van der Waals surface area contributed by atoms with Crippen molar-refractivity contribution in [2.45, 2.75) is 13.3 Å². The minimum absolute atomic E-state index is 0.457. The van der Waals surface area contributed by atoms with Crippen molar-refractivity contribution in [3.63, 3.8) is 0 Å². The number of nitriles is 1. The van der Waals surface area contributed by atoms with Gasteiger partial charge in [0.1, 0.15) is 17.3 Å². The van der Waals surface area contributed by atoms with E-state index in [1.165, 1.54) is 6.33 Å². The zero-order chi connectivity index (χ0) is 10.6. The van der Waals surface area contributed by atoms with Gasteiger partial charge in [-0.3, -0.25) is 0 Å². The van der Waals surface area contributed by atoms with Gasteiger partial charge in [0.2, 0.25) is 0 Å². The summed E-state index contributed by atoms with van der Waals surface area (Å²) in [4.78, 5) is 9.87. The topological polar surface area (TPSA) is 52.8 Å². The fourth-order valence-corrected chi connectivity index (χ4v) is 1.26. The summed E-state index contributed by atoms with van der Waals surface area (Å²) in [5, 5.41) is 8.91. The summed E-state index contributed by atoms with van der Waals surface area (Å²) in [5.41, 5.74) is 0.842. The predicted molar refractivity (Wildman–Crippen MR) is 55.3 cm³/mol. The lowest BCUT2D eigenvalue weighted by molar-refractivity contribution is 0.872. The first-order chi connectivity index (χ1) is 6.66. The molecule has 0 aliphatic carbocycles. The van der Waals surface area contributed by atoms with E-state index in [4.69, 9.17) is 16.9 Å². The van der Waals surface area contributed by atoms with E-state index in [0.29, 0.717) is 18.1 Å². The second kappa shape index (κ2) is 4.77. The molecule has 0 atom stereocenters. The van der Waals surface area contributed by atoms with E-state index < -0.39 is 0 Å². The Balaban J connectivity index is 2.85. The minimum Gasteiger partial charge on any atom is -0.358 e. The molecule has 0 fully saturated rings. The maximum atomic E-state index is 8.45. The van der Waals surface area contributed by atoms with Crippen LogP contribution in [0.5, 0.6) is 0 Å². The van der Waals surface area contributed by atoms with Gasteiger partial charge < -0.3 is 4.90 Å². The molecule has 1 aromatic rings. The average Bonchev–Trinajstić information content (AvgIpc) is 2.18. The van der Waals surface area contributed by atoms with Gasteiger partial charge in [0.25, 0.3) is 0 Å². The molecule has 5 heteroatoms. The van der Waals surface area contributed by atoms with Gasteiger partial charge in [0.15, 0.2) is 0 Å². The van der Waals surface area contributed by atoms with Crippen molar-refractivity contribution in [1.82, 2.24) is 9.97 Å². The van der Waals surface area contributed by atoms with Gasteiger partial charge in [0.05, 0.1) is 12.5 Å².